The topological polar surface area (TPSA) is 86.8 Å². The van der Waals surface area contributed by atoms with Gasteiger partial charge in [0.05, 0.1) is 23.3 Å². The number of benzene rings is 3. The van der Waals surface area contributed by atoms with Gasteiger partial charge in [0.15, 0.2) is 11.3 Å². The van der Waals surface area contributed by atoms with Gasteiger partial charge in [-0.15, -0.1) is 0 Å². The van der Waals surface area contributed by atoms with Gasteiger partial charge in [-0.1, -0.05) is 24.3 Å². The van der Waals surface area contributed by atoms with E-state index in [1.165, 1.54) is 0 Å². The fourth-order valence-electron chi connectivity index (χ4n) is 4.22. The van der Waals surface area contributed by atoms with Crippen molar-refractivity contribution in [1.29, 1.82) is 0 Å². The van der Waals surface area contributed by atoms with Crippen molar-refractivity contribution >= 4 is 45.5 Å². The zero-order valence-electron chi connectivity index (χ0n) is 19.0. The van der Waals surface area contributed by atoms with E-state index in [1.807, 2.05) is 36.4 Å². The minimum absolute atomic E-state index is 0.642. The monoisotopic (exact) mass is 471 g/mol. The van der Waals surface area contributed by atoms with Crippen LogP contribution < -0.4 is 15.0 Å². The third-order valence-electron chi connectivity index (χ3n) is 5.86. The lowest BCUT2D eigenvalue weighted by molar-refractivity contribution is 0.612. The van der Waals surface area contributed by atoms with Crippen molar-refractivity contribution in [2.45, 2.75) is 13.8 Å². The second-order valence-electron chi connectivity index (χ2n) is 7.99. The predicted octanol–water partition coefficient (Wildman–Crippen LogP) is 5.56. The van der Waals surface area contributed by atoms with Gasteiger partial charge in [-0.05, 0) is 37.6 Å². The molecule has 0 atom stereocenters. The summed E-state index contributed by atoms with van der Waals surface area (Å²) in [4.78, 5) is 16.2. The lowest BCUT2D eigenvalue weighted by Gasteiger charge is -2.24. The molecule has 8 heteroatoms. The van der Waals surface area contributed by atoms with Crippen LogP contribution in [0.1, 0.15) is 12.5 Å². The van der Waals surface area contributed by atoms with E-state index in [0.29, 0.717) is 24.5 Å². The van der Waals surface area contributed by atoms with E-state index in [-0.39, 0.29) is 0 Å². The average Bonchev–Trinajstić information content (AvgIpc) is 2.86. The van der Waals surface area contributed by atoms with E-state index < -0.39 is 0 Å². The maximum atomic E-state index is 8.95. The molecule has 2 heterocycles. The SMILES string of the molecule is CCN(CCNSO)c1cc(C)c2nc3c4ccccc4c(=Nc4ccncc4)cc-3oc2c1. The Morgan fingerprint density at radius 2 is 1.88 bits per heavy atom. The van der Waals surface area contributed by atoms with Crippen LogP contribution in [0.25, 0.3) is 33.3 Å². The van der Waals surface area contributed by atoms with Crippen LogP contribution in [0.4, 0.5) is 11.4 Å². The number of aryl methyl sites for hydroxylation is 1. The molecule has 7 nitrogen and oxygen atoms in total. The fraction of sp³-hybridized carbons (Fsp3) is 0.192. The smallest absolute Gasteiger partial charge is 0.155 e. The molecule has 2 aliphatic rings. The van der Waals surface area contributed by atoms with Gasteiger partial charge in [-0.25, -0.2) is 14.7 Å². The summed E-state index contributed by atoms with van der Waals surface area (Å²) in [6, 6.07) is 18.1. The molecule has 0 amide bonds. The molecule has 0 spiro atoms. The molecule has 0 unspecified atom stereocenters. The summed E-state index contributed by atoms with van der Waals surface area (Å²) in [5, 5.41) is 2.86. The third kappa shape index (κ3) is 4.35. The molecule has 3 aromatic rings. The van der Waals surface area contributed by atoms with Crippen LogP contribution in [0.2, 0.25) is 0 Å². The molecule has 5 rings (SSSR count). The summed E-state index contributed by atoms with van der Waals surface area (Å²) >= 11 is 0.642. The first kappa shape index (κ1) is 22.3. The van der Waals surface area contributed by atoms with Crippen molar-refractivity contribution in [2.24, 2.45) is 4.99 Å². The summed E-state index contributed by atoms with van der Waals surface area (Å²) in [5.74, 6) is 0.692. The first-order chi connectivity index (χ1) is 16.7. The zero-order valence-corrected chi connectivity index (χ0v) is 19.8. The Kier molecular flexibility index (Phi) is 6.44. The Morgan fingerprint density at radius 3 is 2.65 bits per heavy atom. The fourth-order valence-corrected chi connectivity index (χ4v) is 4.40. The van der Waals surface area contributed by atoms with Gasteiger partial charge in [0.25, 0.3) is 0 Å². The normalized spacial score (nSPS) is 12.1. The lowest BCUT2D eigenvalue weighted by atomic mass is 10.0. The van der Waals surface area contributed by atoms with Gasteiger partial charge in [0.2, 0.25) is 0 Å². The second-order valence-corrected chi connectivity index (χ2v) is 8.47. The van der Waals surface area contributed by atoms with Crippen molar-refractivity contribution in [1.82, 2.24) is 14.7 Å². The number of pyridine rings is 1. The Hall–Kier alpha value is -3.46. The largest absolute Gasteiger partial charge is 0.453 e. The number of nitrogens with one attached hydrogen (secondary N) is 1. The highest BCUT2D eigenvalue weighted by Crippen LogP contribution is 2.33. The summed E-state index contributed by atoms with van der Waals surface area (Å²) in [5.41, 5.74) is 5.35. The first-order valence-electron chi connectivity index (χ1n) is 11.2. The predicted molar refractivity (Wildman–Crippen MR) is 138 cm³/mol. The number of aromatic nitrogens is 2. The lowest BCUT2D eigenvalue weighted by Crippen LogP contribution is -2.29. The van der Waals surface area contributed by atoms with Crippen LogP contribution in [0, 0.1) is 6.92 Å². The van der Waals surface area contributed by atoms with Crippen LogP contribution in [-0.4, -0.2) is 34.2 Å². The molecular weight excluding hydrogens is 446 g/mol. The second kappa shape index (κ2) is 9.80. The molecule has 2 N–H and O–H groups in total. The molecule has 34 heavy (non-hydrogen) atoms. The van der Waals surface area contributed by atoms with Crippen molar-refractivity contribution in [3.8, 4) is 11.5 Å². The van der Waals surface area contributed by atoms with E-state index in [1.54, 1.807) is 12.4 Å². The molecule has 2 aromatic carbocycles. The molecule has 172 valence electrons. The van der Waals surface area contributed by atoms with Gasteiger partial charge >= 0.3 is 0 Å². The van der Waals surface area contributed by atoms with E-state index in [4.69, 9.17) is 18.9 Å². The Labute approximate surface area is 201 Å². The molecule has 0 saturated heterocycles. The molecule has 0 radical (unpaired) electrons. The quantitative estimate of drug-likeness (QED) is 0.106. The van der Waals surface area contributed by atoms with Gasteiger partial charge in [-0.3, -0.25) is 4.98 Å². The van der Waals surface area contributed by atoms with Gasteiger partial charge in [-0.2, -0.15) is 0 Å². The average molecular weight is 472 g/mol. The van der Waals surface area contributed by atoms with E-state index in [0.717, 1.165) is 63.0 Å². The summed E-state index contributed by atoms with van der Waals surface area (Å²) in [6.07, 6.45) is 3.47. The number of likely N-dealkylation sites (N-methyl/N-ethyl adjacent to an activating group) is 1. The standard InChI is InChI=1S/C26H25N5O2S/c1-3-31(13-12-28-34-32)19-14-17(2)25-23(15-19)33-24-16-22(29-18-8-10-27-11-9-18)20-6-4-5-7-21(20)26(24)30-25/h4-11,14-16,28,32H,3,12-13H2,1-2H3. The molecule has 1 aromatic heterocycles. The third-order valence-corrected chi connectivity index (χ3v) is 6.19. The molecule has 1 aliphatic carbocycles. The van der Waals surface area contributed by atoms with Crippen molar-refractivity contribution < 1.29 is 8.97 Å². The van der Waals surface area contributed by atoms with Crippen LogP contribution in [0.5, 0.6) is 0 Å². The van der Waals surface area contributed by atoms with Crippen LogP contribution in [0.15, 0.2) is 76.4 Å². The summed E-state index contributed by atoms with van der Waals surface area (Å²) in [6.45, 7) is 6.43. The molecular formula is C26H25N5O2S. The number of fused-ring (bicyclic) bond motifs is 4. The zero-order chi connectivity index (χ0) is 23.5. The van der Waals surface area contributed by atoms with Crippen LogP contribution in [-0.2, 0) is 0 Å². The highest BCUT2D eigenvalue weighted by molar-refractivity contribution is 7.91. The summed E-state index contributed by atoms with van der Waals surface area (Å²) < 4.78 is 18.3. The van der Waals surface area contributed by atoms with Crippen molar-refractivity contribution in [3.63, 3.8) is 0 Å². The van der Waals surface area contributed by atoms with E-state index >= 15 is 0 Å². The minimum Gasteiger partial charge on any atom is -0.453 e. The summed E-state index contributed by atoms with van der Waals surface area (Å²) in [7, 11) is 0. The molecule has 1 aliphatic heterocycles. The minimum atomic E-state index is 0.642. The van der Waals surface area contributed by atoms with E-state index in [2.05, 4.69) is 46.7 Å². The Balaban J connectivity index is 1.71. The maximum Gasteiger partial charge on any atom is 0.155 e. The Morgan fingerprint density at radius 1 is 1.09 bits per heavy atom. The highest BCUT2D eigenvalue weighted by Gasteiger charge is 2.17. The number of hydrogen-bond donors (Lipinski definition) is 2. The maximum absolute atomic E-state index is 8.95. The van der Waals surface area contributed by atoms with Gasteiger partial charge in [0.1, 0.15) is 11.2 Å². The number of anilines is 1. The molecule has 0 fully saturated rings. The number of hydrogen-bond acceptors (Lipinski definition) is 8. The van der Waals surface area contributed by atoms with Crippen LogP contribution in [0.3, 0.4) is 0 Å². The van der Waals surface area contributed by atoms with Gasteiger partial charge in [0, 0.05) is 60.6 Å². The number of nitrogens with zero attached hydrogens (tertiary/aromatic N) is 4. The van der Waals surface area contributed by atoms with E-state index in [9.17, 15) is 0 Å². The van der Waals surface area contributed by atoms with Gasteiger partial charge < -0.3 is 13.9 Å². The molecule has 0 saturated carbocycles. The van der Waals surface area contributed by atoms with Crippen molar-refractivity contribution in [2.75, 3.05) is 24.5 Å². The molecule has 0 bridgehead atoms. The number of rotatable bonds is 7. The van der Waals surface area contributed by atoms with Crippen molar-refractivity contribution in [3.05, 3.63) is 77.9 Å². The highest BCUT2D eigenvalue weighted by atomic mass is 32.2. The van der Waals surface area contributed by atoms with Crippen LogP contribution >= 0.6 is 12.2 Å². The Bertz CT molecular complexity index is 1490. The first-order valence-corrected chi connectivity index (χ1v) is 11.9.